The number of halogens is 1. The number of carbonyl (C=O) groups is 1. The second kappa shape index (κ2) is 6.64. The molecule has 1 aromatic heterocycles. The molecule has 2 rings (SSSR count). The number of nitrogens with one attached hydrogen (secondary N) is 1. The lowest BCUT2D eigenvalue weighted by atomic mass is 10.1. The van der Waals surface area contributed by atoms with Gasteiger partial charge in [-0.3, -0.25) is 4.79 Å². The van der Waals surface area contributed by atoms with Crippen LogP contribution in [-0.4, -0.2) is 22.6 Å². The van der Waals surface area contributed by atoms with Crippen LogP contribution >= 0.6 is 11.3 Å². The van der Waals surface area contributed by atoms with Gasteiger partial charge in [-0.25, -0.2) is 9.37 Å². The van der Waals surface area contributed by atoms with E-state index >= 15 is 0 Å². The van der Waals surface area contributed by atoms with E-state index in [0.29, 0.717) is 17.4 Å². The van der Waals surface area contributed by atoms with E-state index in [4.69, 9.17) is 10.8 Å². The molecule has 2 aromatic rings. The molecule has 0 amide bonds. The average molecular weight is 309 g/mol. The molecule has 0 fully saturated rings. The highest BCUT2D eigenvalue weighted by molar-refractivity contribution is 7.13. The van der Waals surface area contributed by atoms with E-state index in [1.54, 1.807) is 11.4 Å². The molecule has 1 aromatic carbocycles. The van der Waals surface area contributed by atoms with E-state index in [1.165, 1.54) is 23.5 Å². The van der Waals surface area contributed by atoms with E-state index in [9.17, 15) is 9.18 Å². The lowest BCUT2D eigenvalue weighted by Gasteiger charge is -2.06. The van der Waals surface area contributed by atoms with Crippen molar-refractivity contribution in [2.24, 2.45) is 5.73 Å². The zero-order valence-corrected chi connectivity index (χ0v) is 12.3. The monoisotopic (exact) mass is 309 g/mol. The van der Waals surface area contributed by atoms with E-state index in [-0.39, 0.29) is 5.82 Å². The van der Waals surface area contributed by atoms with Crippen molar-refractivity contribution in [3.63, 3.8) is 0 Å². The maximum absolute atomic E-state index is 13.0. The molecule has 21 heavy (non-hydrogen) atoms. The maximum atomic E-state index is 13.0. The van der Waals surface area contributed by atoms with E-state index in [2.05, 4.69) is 10.3 Å². The number of aromatic nitrogens is 1. The summed E-state index contributed by atoms with van der Waals surface area (Å²) in [6.07, 6.45) is 0.728. The Morgan fingerprint density at radius 3 is 3.00 bits per heavy atom. The number of thiazole rings is 1. The van der Waals surface area contributed by atoms with Crippen LogP contribution in [0.15, 0.2) is 23.6 Å². The van der Waals surface area contributed by atoms with E-state index in [1.807, 2.05) is 6.92 Å². The average Bonchev–Trinajstić information content (AvgIpc) is 2.89. The lowest BCUT2D eigenvalue weighted by Crippen LogP contribution is -2.21. The first-order chi connectivity index (χ1) is 9.97. The van der Waals surface area contributed by atoms with Crippen LogP contribution in [0.1, 0.15) is 22.9 Å². The number of carboxylic acids is 1. The van der Waals surface area contributed by atoms with Crippen molar-refractivity contribution in [3.05, 3.63) is 46.2 Å². The number of hydrogen-bond donors (Lipinski definition) is 3. The van der Waals surface area contributed by atoms with Crippen molar-refractivity contribution in [1.29, 1.82) is 0 Å². The summed E-state index contributed by atoms with van der Waals surface area (Å²) >= 11 is 1.31. The van der Waals surface area contributed by atoms with Gasteiger partial charge in [0.1, 0.15) is 11.9 Å². The summed E-state index contributed by atoms with van der Waals surface area (Å²) in [4.78, 5) is 14.9. The number of hydrogen-bond acceptors (Lipinski definition) is 5. The van der Waals surface area contributed by atoms with Gasteiger partial charge in [-0.15, -0.1) is 11.3 Å². The molecule has 0 aliphatic rings. The highest BCUT2D eigenvalue weighted by Gasteiger charge is 2.17. The Balaban J connectivity index is 1.90. The van der Waals surface area contributed by atoms with Crippen LogP contribution in [0.2, 0.25) is 0 Å². The van der Waals surface area contributed by atoms with Crippen LogP contribution < -0.4 is 11.1 Å². The molecule has 1 atom stereocenters. The number of nitrogens with two attached hydrogens (primary N) is 1. The second-order valence-corrected chi connectivity index (χ2v) is 5.50. The Labute approximate surface area is 125 Å². The zero-order chi connectivity index (χ0) is 15.4. The van der Waals surface area contributed by atoms with Gasteiger partial charge < -0.3 is 16.2 Å². The molecule has 4 N–H and O–H groups in total. The summed E-state index contributed by atoms with van der Waals surface area (Å²) in [6, 6.07) is 3.61. The molecule has 0 saturated carbocycles. The van der Waals surface area contributed by atoms with Crippen LogP contribution in [0.3, 0.4) is 0 Å². The summed E-state index contributed by atoms with van der Waals surface area (Å²) in [6.45, 7) is 2.49. The molecule has 1 unspecified atom stereocenters. The van der Waals surface area contributed by atoms with Gasteiger partial charge in [0.15, 0.2) is 5.13 Å². The topological polar surface area (TPSA) is 88.2 Å². The molecule has 0 bridgehead atoms. The molecule has 0 aliphatic heterocycles. The van der Waals surface area contributed by atoms with Crippen molar-refractivity contribution in [2.75, 3.05) is 11.9 Å². The van der Waals surface area contributed by atoms with Crippen LogP contribution in [-0.2, 0) is 11.2 Å². The molecule has 0 radical (unpaired) electrons. The van der Waals surface area contributed by atoms with Gasteiger partial charge in [-0.1, -0.05) is 6.07 Å². The van der Waals surface area contributed by atoms with Crippen molar-refractivity contribution in [1.82, 2.24) is 4.98 Å². The molecular weight excluding hydrogens is 293 g/mol. The predicted molar refractivity (Wildman–Crippen MR) is 80.0 cm³/mol. The fraction of sp³-hybridized carbons (Fsp3) is 0.286. The normalized spacial score (nSPS) is 12.1. The fourth-order valence-electron chi connectivity index (χ4n) is 1.88. The third-order valence-electron chi connectivity index (χ3n) is 3.08. The fourth-order valence-corrected chi connectivity index (χ4v) is 2.66. The first kappa shape index (κ1) is 15.4. The minimum atomic E-state index is -1.10. The van der Waals surface area contributed by atoms with Gasteiger partial charge in [0.2, 0.25) is 0 Å². The van der Waals surface area contributed by atoms with Gasteiger partial charge in [0.25, 0.3) is 0 Å². The molecule has 1 heterocycles. The Morgan fingerprint density at radius 2 is 2.33 bits per heavy atom. The Kier molecular flexibility index (Phi) is 4.87. The molecular formula is C14H16FN3O2S. The number of aliphatic carboxylic acids is 1. The van der Waals surface area contributed by atoms with Gasteiger partial charge in [-0.05, 0) is 36.6 Å². The number of anilines is 1. The van der Waals surface area contributed by atoms with Crippen molar-refractivity contribution in [3.8, 4) is 0 Å². The number of nitrogens with zero attached hydrogens (tertiary/aromatic N) is 1. The lowest BCUT2D eigenvalue weighted by molar-refractivity contribution is -0.138. The molecule has 5 nitrogen and oxygen atoms in total. The van der Waals surface area contributed by atoms with Crippen LogP contribution in [0.25, 0.3) is 0 Å². The van der Waals surface area contributed by atoms with Gasteiger partial charge >= 0.3 is 5.97 Å². The highest BCUT2D eigenvalue weighted by atomic mass is 32.1. The first-order valence-electron chi connectivity index (χ1n) is 6.40. The zero-order valence-electron chi connectivity index (χ0n) is 11.5. The van der Waals surface area contributed by atoms with Crippen LogP contribution in [0, 0.1) is 12.7 Å². The molecule has 0 spiro atoms. The Morgan fingerprint density at radius 1 is 1.57 bits per heavy atom. The summed E-state index contributed by atoms with van der Waals surface area (Å²) in [7, 11) is 0. The van der Waals surface area contributed by atoms with Gasteiger partial charge in [0, 0.05) is 11.9 Å². The third-order valence-corrected chi connectivity index (χ3v) is 3.90. The van der Waals surface area contributed by atoms with E-state index in [0.717, 1.165) is 17.5 Å². The number of rotatable bonds is 6. The largest absolute Gasteiger partial charge is 0.480 e. The second-order valence-electron chi connectivity index (χ2n) is 4.64. The Hall–Kier alpha value is -1.99. The van der Waals surface area contributed by atoms with Crippen molar-refractivity contribution >= 4 is 22.4 Å². The van der Waals surface area contributed by atoms with Crippen molar-refractivity contribution in [2.45, 2.75) is 19.4 Å². The first-order valence-corrected chi connectivity index (χ1v) is 7.28. The maximum Gasteiger partial charge on any atom is 0.326 e. The number of carboxylic acid groups (broad SMARTS) is 1. The van der Waals surface area contributed by atoms with Crippen LogP contribution in [0.5, 0.6) is 0 Å². The van der Waals surface area contributed by atoms with Crippen molar-refractivity contribution < 1.29 is 14.3 Å². The minimum Gasteiger partial charge on any atom is -0.480 e. The quantitative estimate of drug-likeness (QED) is 0.762. The van der Waals surface area contributed by atoms with Gasteiger partial charge in [0.05, 0.1) is 5.69 Å². The minimum absolute atomic E-state index is 0.239. The molecule has 0 saturated heterocycles. The standard InChI is InChI=1S/C14H16FN3O2S/c1-8-6-10(15)3-2-9(8)4-5-17-14-18-11(7-21-14)12(16)13(19)20/h2-3,6-7,12H,4-5,16H2,1H3,(H,17,18)(H,19,20). The molecule has 112 valence electrons. The summed E-state index contributed by atoms with van der Waals surface area (Å²) < 4.78 is 13.0. The summed E-state index contributed by atoms with van der Waals surface area (Å²) in [5.41, 5.74) is 7.79. The highest BCUT2D eigenvalue weighted by Crippen LogP contribution is 2.20. The predicted octanol–water partition coefficient (Wildman–Crippen LogP) is 2.33. The summed E-state index contributed by atoms with van der Waals surface area (Å²) in [5, 5.41) is 14.2. The molecule has 7 heteroatoms. The number of aryl methyl sites for hydroxylation is 1. The summed E-state index contributed by atoms with van der Waals surface area (Å²) in [5.74, 6) is -1.34. The smallest absolute Gasteiger partial charge is 0.326 e. The van der Waals surface area contributed by atoms with E-state index < -0.39 is 12.0 Å². The number of benzene rings is 1. The SMILES string of the molecule is Cc1cc(F)ccc1CCNc1nc(C(N)C(=O)O)cs1. The Bertz CT molecular complexity index is 645. The molecule has 0 aliphatic carbocycles. The third kappa shape index (κ3) is 3.99. The van der Waals surface area contributed by atoms with Gasteiger partial charge in [-0.2, -0.15) is 0 Å². The van der Waals surface area contributed by atoms with Crippen LogP contribution in [0.4, 0.5) is 9.52 Å².